The molecule has 278 valence electrons. The lowest BCUT2D eigenvalue weighted by molar-refractivity contribution is -0.0415. The van der Waals surface area contributed by atoms with Crippen molar-refractivity contribution < 1.29 is 29.2 Å². The van der Waals surface area contributed by atoms with Gasteiger partial charge in [0.15, 0.2) is 0 Å². The van der Waals surface area contributed by atoms with Crippen LogP contribution in [0.4, 0.5) is 0 Å². The Morgan fingerprint density at radius 3 is 1.17 bits per heavy atom. The summed E-state index contributed by atoms with van der Waals surface area (Å²) in [4.78, 5) is 2.30. The summed E-state index contributed by atoms with van der Waals surface area (Å²) in [6.45, 7) is 10.9. The first-order valence-corrected chi connectivity index (χ1v) is 20.1. The molecule has 0 aromatic heterocycles. The Kier molecular flexibility index (Phi) is 40.6. The van der Waals surface area contributed by atoms with Crippen molar-refractivity contribution in [1.29, 1.82) is 0 Å². The van der Waals surface area contributed by atoms with Crippen LogP contribution in [0, 0.1) is 0 Å². The zero-order chi connectivity index (χ0) is 33.4. The number of hydrogen-bond acceptors (Lipinski definition) is 7. The van der Waals surface area contributed by atoms with E-state index in [1.54, 1.807) is 0 Å². The van der Waals surface area contributed by atoms with E-state index < -0.39 is 0 Å². The van der Waals surface area contributed by atoms with Gasteiger partial charge >= 0.3 is 0 Å². The average Bonchev–Trinajstić information content (AvgIpc) is 3.06. The zero-order valence-corrected chi connectivity index (χ0v) is 31.0. The van der Waals surface area contributed by atoms with Crippen LogP contribution in [0.1, 0.15) is 168 Å². The molecule has 0 saturated carbocycles. The minimum Gasteiger partial charge on any atom is -0.394 e. The van der Waals surface area contributed by atoms with Gasteiger partial charge in [0.25, 0.3) is 0 Å². The maximum atomic E-state index is 9.06. The molecule has 0 bridgehead atoms. The minimum atomic E-state index is 0.0146. The predicted molar refractivity (Wildman–Crippen MR) is 195 cm³/mol. The topological polar surface area (TPSA) is 80.6 Å². The van der Waals surface area contributed by atoms with Gasteiger partial charge in [0.2, 0.25) is 0 Å². The molecule has 0 aliphatic heterocycles. The average molecular weight is 660 g/mol. The molecule has 0 heterocycles. The number of ether oxygens (including phenoxy) is 4. The van der Waals surface area contributed by atoms with E-state index in [0.717, 1.165) is 45.7 Å². The zero-order valence-electron chi connectivity index (χ0n) is 31.0. The molecule has 0 aromatic rings. The number of rotatable bonds is 41. The molecule has 7 nitrogen and oxygen atoms in total. The smallest absolute Gasteiger partial charge is 0.0934 e. The normalized spacial score (nSPS) is 12.5. The Morgan fingerprint density at radius 2 is 0.783 bits per heavy atom. The number of nitrogens with zero attached hydrogens (tertiary/aromatic N) is 1. The minimum absolute atomic E-state index is 0.0146. The molecule has 0 fully saturated rings. The van der Waals surface area contributed by atoms with Crippen LogP contribution in [-0.2, 0) is 18.9 Å². The van der Waals surface area contributed by atoms with Crippen molar-refractivity contribution in [2.75, 3.05) is 79.1 Å². The molecule has 0 saturated heterocycles. The highest BCUT2D eigenvalue weighted by Gasteiger charge is 2.16. The monoisotopic (exact) mass is 660 g/mol. The third kappa shape index (κ3) is 36.6. The Bertz CT molecular complexity index is 529. The summed E-state index contributed by atoms with van der Waals surface area (Å²) < 4.78 is 23.7. The highest BCUT2D eigenvalue weighted by Crippen LogP contribution is 2.14. The molecule has 0 aromatic carbocycles. The van der Waals surface area contributed by atoms with Gasteiger partial charge in [-0.15, -0.1) is 0 Å². The second kappa shape index (κ2) is 40.9. The molecule has 0 spiro atoms. The highest BCUT2D eigenvalue weighted by molar-refractivity contribution is 4.67. The Morgan fingerprint density at radius 1 is 0.413 bits per heavy atom. The van der Waals surface area contributed by atoms with Crippen LogP contribution in [0.25, 0.3) is 0 Å². The highest BCUT2D eigenvalue weighted by atomic mass is 16.5. The molecule has 1 atom stereocenters. The van der Waals surface area contributed by atoms with E-state index in [-0.39, 0.29) is 19.3 Å². The fourth-order valence-electron chi connectivity index (χ4n) is 5.91. The summed E-state index contributed by atoms with van der Waals surface area (Å²) in [5, 5.41) is 18.1. The SMILES string of the molecule is CCCCCCCCCCCCCCOCC(CN(CCOCCO)CCOCCO)OCCCCCCCCCCCCCC. The molecule has 0 rings (SSSR count). The summed E-state index contributed by atoms with van der Waals surface area (Å²) in [6, 6.07) is 0. The van der Waals surface area contributed by atoms with Crippen molar-refractivity contribution in [2.24, 2.45) is 0 Å². The molecular weight excluding hydrogens is 578 g/mol. The van der Waals surface area contributed by atoms with Crippen LogP contribution in [0.2, 0.25) is 0 Å². The summed E-state index contributed by atoms with van der Waals surface area (Å²) in [6.07, 6.45) is 32.3. The van der Waals surface area contributed by atoms with Crippen LogP contribution in [0.15, 0.2) is 0 Å². The van der Waals surface area contributed by atoms with Crippen molar-refractivity contribution >= 4 is 0 Å². The van der Waals surface area contributed by atoms with E-state index in [0.29, 0.717) is 33.0 Å². The molecule has 7 heteroatoms. The first kappa shape index (κ1) is 45.7. The van der Waals surface area contributed by atoms with Crippen LogP contribution in [0.3, 0.4) is 0 Å². The molecule has 0 aliphatic rings. The molecular formula is C39H81NO6. The van der Waals surface area contributed by atoms with E-state index in [1.165, 1.54) is 141 Å². The lowest BCUT2D eigenvalue weighted by atomic mass is 10.1. The van der Waals surface area contributed by atoms with Gasteiger partial charge in [0.1, 0.15) is 0 Å². The quantitative estimate of drug-likeness (QED) is 0.0634. The standard InChI is InChI=1S/C39H81NO6/c1-3-5-7-9-11-13-15-17-19-21-23-25-31-45-38-39(37-40(27-33-43-35-29-41)28-34-44-36-30-42)46-32-26-24-22-20-18-16-14-12-10-8-6-4-2/h39,41-42H,3-38H2,1-2H3. The largest absolute Gasteiger partial charge is 0.394 e. The number of hydrogen-bond donors (Lipinski definition) is 2. The van der Waals surface area contributed by atoms with Gasteiger partial charge in [-0.2, -0.15) is 0 Å². The van der Waals surface area contributed by atoms with Crippen molar-refractivity contribution in [2.45, 2.75) is 174 Å². The van der Waals surface area contributed by atoms with Crippen LogP contribution in [0.5, 0.6) is 0 Å². The Labute approximate surface area is 286 Å². The van der Waals surface area contributed by atoms with Crippen molar-refractivity contribution in [3.8, 4) is 0 Å². The van der Waals surface area contributed by atoms with Crippen molar-refractivity contribution in [3.63, 3.8) is 0 Å². The molecule has 46 heavy (non-hydrogen) atoms. The number of aliphatic hydroxyl groups excluding tert-OH is 2. The maximum absolute atomic E-state index is 9.06. The fraction of sp³-hybridized carbons (Fsp3) is 1.00. The lowest BCUT2D eigenvalue weighted by Gasteiger charge is -2.27. The third-order valence-electron chi connectivity index (χ3n) is 8.83. The number of unbranched alkanes of at least 4 members (excludes halogenated alkanes) is 22. The molecule has 1 unspecified atom stereocenters. The second-order valence-electron chi connectivity index (χ2n) is 13.3. The fourth-order valence-corrected chi connectivity index (χ4v) is 5.91. The van der Waals surface area contributed by atoms with E-state index >= 15 is 0 Å². The summed E-state index contributed by atoms with van der Waals surface area (Å²) in [5.74, 6) is 0. The van der Waals surface area contributed by atoms with Gasteiger partial charge in [-0.3, -0.25) is 4.90 Å². The molecule has 0 amide bonds. The first-order chi connectivity index (χ1) is 22.8. The molecule has 0 radical (unpaired) electrons. The van der Waals surface area contributed by atoms with Crippen molar-refractivity contribution in [1.82, 2.24) is 4.90 Å². The van der Waals surface area contributed by atoms with Gasteiger partial charge in [-0.05, 0) is 12.8 Å². The molecule has 2 N–H and O–H groups in total. The van der Waals surface area contributed by atoms with Gasteiger partial charge in [-0.25, -0.2) is 0 Å². The van der Waals surface area contributed by atoms with E-state index in [9.17, 15) is 0 Å². The first-order valence-electron chi connectivity index (χ1n) is 20.1. The van der Waals surface area contributed by atoms with Gasteiger partial charge in [0.05, 0.1) is 52.4 Å². The summed E-state index contributed by atoms with van der Waals surface area (Å²) in [7, 11) is 0. The van der Waals surface area contributed by atoms with E-state index in [4.69, 9.17) is 29.2 Å². The maximum Gasteiger partial charge on any atom is 0.0934 e. The molecule has 0 aliphatic carbocycles. The van der Waals surface area contributed by atoms with E-state index in [2.05, 4.69) is 18.7 Å². The van der Waals surface area contributed by atoms with Gasteiger partial charge in [0, 0.05) is 32.8 Å². The Hall–Kier alpha value is -0.280. The third-order valence-corrected chi connectivity index (χ3v) is 8.83. The van der Waals surface area contributed by atoms with Crippen LogP contribution < -0.4 is 0 Å². The van der Waals surface area contributed by atoms with Crippen LogP contribution in [-0.4, -0.2) is 100 Å². The van der Waals surface area contributed by atoms with E-state index in [1.807, 2.05) is 0 Å². The predicted octanol–water partition coefficient (Wildman–Crippen LogP) is 9.11. The van der Waals surface area contributed by atoms with Gasteiger partial charge < -0.3 is 29.2 Å². The second-order valence-corrected chi connectivity index (χ2v) is 13.3. The lowest BCUT2D eigenvalue weighted by Crippen LogP contribution is -2.40. The van der Waals surface area contributed by atoms with Gasteiger partial charge in [-0.1, -0.05) is 155 Å². The summed E-state index contributed by atoms with van der Waals surface area (Å²) >= 11 is 0. The van der Waals surface area contributed by atoms with Crippen LogP contribution >= 0.6 is 0 Å². The Balaban J connectivity index is 4.33. The summed E-state index contributed by atoms with van der Waals surface area (Å²) in [5.41, 5.74) is 0. The number of aliphatic hydroxyl groups is 2. The van der Waals surface area contributed by atoms with Crippen molar-refractivity contribution in [3.05, 3.63) is 0 Å².